The lowest BCUT2D eigenvalue weighted by Gasteiger charge is -2.35. The zero-order chi connectivity index (χ0) is 37.5. The Morgan fingerprint density at radius 1 is 0.518 bits per heavy atom. The van der Waals surface area contributed by atoms with Crippen molar-refractivity contribution >= 4 is 39.6 Å². The molecule has 0 unspecified atom stereocenters. The molecule has 0 saturated carbocycles. The quantitative estimate of drug-likeness (QED) is 0.167. The summed E-state index contributed by atoms with van der Waals surface area (Å²) in [6.07, 6.45) is 9.38. The van der Waals surface area contributed by atoms with Crippen LogP contribution in [0.25, 0.3) is 33.0 Å². The number of hydrogen-bond donors (Lipinski definition) is 0. The molecule has 8 aromatic rings. The molecular formula is C54H39NS. The Hall–Kier alpha value is -6.61. The summed E-state index contributed by atoms with van der Waals surface area (Å²) in [5.41, 5.74) is 14.2. The fourth-order valence-corrected chi connectivity index (χ4v) is 9.69. The number of fused-ring (bicyclic) bond motifs is 5. The van der Waals surface area contributed by atoms with Crippen LogP contribution in [-0.2, 0) is 11.8 Å². The van der Waals surface area contributed by atoms with Crippen LogP contribution in [0.2, 0.25) is 0 Å². The van der Waals surface area contributed by atoms with E-state index in [0.29, 0.717) is 0 Å². The molecule has 0 N–H and O–H groups in total. The van der Waals surface area contributed by atoms with Crippen LogP contribution in [0.5, 0.6) is 0 Å². The van der Waals surface area contributed by atoms with Gasteiger partial charge in [-0.2, -0.15) is 0 Å². The lowest BCUT2D eigenvalue weighted by Crippen LogP contribution is -2.28. The van der Waals surface area contributed by atoms with Gasteiger partial charge in [-0.15, -0.1) is 0 Å². The highest BCUT2D eigenvalue weighted by Crippen LogP contribution is 2.57. The second-order valence-corrected chi connectivity index (χ2v) is 15.7. The third kappa shape index (κ3) is 5.73. The van der Waals surface area contributed by atoms with Gasteiger partial charge in [0.2, 0.25) is 0 Å². The molecule has 0 atom stereocenters. The molecule has 1 heterocycles. The summed E-state index contributed by atoms with van der Waals surface area (Å²) in [5, 5.41) is 2.42. The molecule has 56 heavy (non-hydrogen) atoms. The van der Waals surface area contributed by atoms with Gasteiger partial charge in [-0.05, 0) is 110 Å². The highest BCUT2D eigenvalue weighted by Gasteiger charge is 2.46. The van der Waals surface area contributed by atoms with Crippen LogP contribution >= 0.6 is 11.8 Å². The van der Waals surface area contributed by atoms with Gasteiger partial charge < -0.3 is 4.90 Å². The first kappa shape index (κ1) is 33.9. The van der Waals surface area contributed by atoms with E-state index in [1.165, 1.54) is 65.7 Å². The van der Waals surface area contributed by atoms with E-state index in [9.17, 15) is 0 Å². The topological polar surface area (TPSA) is 3.24 Å². The summed E-state index contributed by atoms with van der Waals surface area (Å²) >= 11 is 1.74. The number of nitrogens with zero attached hydrogens (tertiary/aromatic N) is 1. The Balaban J connectivity index is 1.19. The number of allylic oxidation sites excluding steroid dienone is 4. The molecule has 0 fully saturated rings. The van der Waals surface area contributed by atoms with E-state index in [1.807, 2.05) is 0 Å². The first-order chi connectivity index (χ1) is 27.7. The van der Waals surface area contributed by atoms with E-state index in [4.69, 9.17) is 0 Å². The molecule has 1 aliphatic heterocycles. The van der Waals surface area contributed by atoms with Crippen molar-refractivity contribution in [2.45, 2.75) is 16.7 Å². The summed E-state index contributed by atoms with van der Waals surface area (Å²) in [4.78, 5) is 4.75. The monoisotopic (exact) mass is 733 g/mol. The first-order valence-corrected chi connectivity index (χ1v) is 20.1. The van der Waals surface area contributed by atoms with Crippen molar-refractivity contribution in [1.29, 1.82) is 0 Å². The Morgan fingerprint density at radius 3 is 2.04 bits per heavy atom. The van der Waals surface area contributed by atoms with Crippen LogP contribution in [0.4, 0.5) is 17.1 Å². The highest BCUT2D eigenvalue weighted by molar-refractivity contribution is 8.03. The maximum atomic E-state index is 4.26. The molecule has 266 valence electrons. The molecule has 0 spiro atoms. The normalized spacial score (nSPS) is 15.1. The van der Waals surface area contributed by atoms with Gasteiger partial charge in [-0.3, -0.25) is 0 Å². The predicted octanol–water partition coefficient (Wildman–Crippen LogP) is 14.6. The lowest BCUT2D eigenvalue weighted by atomic mass is 9.67. The van der Waals surface area contributed by atoms with Crippen molar-refractivity contribution in [3.63, 3.8) is 0 Å². The van der Waals surface area contributed by atoms with Crippen LogP contribution in [0.1, 0.15) is 27.8 Å². The van der Waals surface area contributed by atoms with Crippen molar-refractivity contribution in [1.82, 2.24) is 0 Å². The molecular weight excluding hydrogens is 695 g/mol. The number of benzene rings is 8. The number of thioether (sulfide) groups is 1. The molecule has 0 saturated heterocycles. The Kier molecular flexibility index (Phi) is 8.62. The molecule has 0 amide bonds. The van der Waals surface area contributed by atoms with Gasteiger partial charge in [0, 0.05) is 26.6 Å². The molecule has 1 aliphatic carbocycles. The summed E-state index contributed by atoms with van der Waals surface area (Å²) in [7, 11) is 0. The van der Waals surface area contributed by atoms with E-state index in [-0.39, 0.29) is 0 Å². The molecule has 10 rings (SSSR count). The maximum Gasteiger partial charge on any atom is 0.0714 e. The van der Waals surface area contributed by atoms with Gasteiger partial charge in [0.05, 0.1) is 11.1 Å². The molecule has 1 nitrogen and oxygen atoms in total. The zero-order valence-electron chi connectivity index (χ0n) is 31.0. The molecule has 0 radical (unpaired) electrons. The van der Waals surface area contributed by atoms with E-state index in [1.54, 1.807) is 11.8 Å². The average Bonchev–Trinajstić information content (AvgIpc) is 3.59. The van der Waals surface area contributed by atoms with Crippen molar-refractivity contribution in [2.24, 2.45) is 0 Å². The SMILES string of the molecule is C=C1/C=C\C=C/Cc2cc(-c3cccc(N(c4ccc5c(c4)C(c4ccccc4)(c4ccccc4)c4ccccc4-5)c4cccc5ccccc45)c3)ccc2S1. The smallest absolute Gasteiger partial charge is 0.0714 e. The van der Waals surface area contributed by atoms with E-state index >= 15 is 0 Å². The number of anilines is 3. The molecule has 0 bridgehead atoms. The third-order valence-corrected chi connectivity index (χ3v) is 12.3. The third-order valence-electron chi connectivity index (χ3n) is 11.3. The van der Waals surface area contributed by atoms with Crippen LogP contribution in [-0.4, -0.2) is 0 Å². The van der Waals surface area contributed by atoms with E-state index < -0.39 is 5.41 Å². The Bertz CT molecular complexity index is 2780. The minimum absolute atomic E-state index is 0.496. The second kappa shape index (κ2) is 14.2. The standard InChI is InChI=1S/C54H39NS/c1-38-17-5-2-6-19-42-35-41(31-34-53(42)56-38)40-21-15-26-45(36-40)55(52-30-16-20-39-18-11-12-27-47(39)52)46-32-33-49-48-28-13-14-29-50(48)54(51(49)37-46,43-22-7-3-8-23-43)44-24-9-4-10-25-44/h2-18,20-37H,1,19H2/b6-2-,17-5-. The van der Waals surface area contributed by atoms with Gasteiger partial charge in [0.15, 0.2) is 0 Å². The fraction of sp³-hybridized carbons (Fsp3) is 0.0370. The summed E-state index contributed by atoms with van der Waals surface area (Å²) < 4.78 is 0. The lowest BCUT2D eigenvalue weighted by molar-refractivity contribution is 0.768. The minimum Gasteiger partial charge on any atom is -0.310 e. The van der Waals surface area contributed by atoms with E-state index in [0.717, 1.165) is 28.4 Å². The summed E-state index contributed by atoms with van der Waals surface area (Å²) in [6.45, 7) is 4.26. The van der Waals surface area contributed by atoms with Crippen LogP contribution in [0, 0.1) is 0 Å². The Morgan fingerprint density at radius 2 is 1.20 bits per heavy atom. The second-order valence-electron chi connectivity index (χ2n) is 14.5. The first-order valence-electron chi connectivity index (χ1n) is 19.3. The summed E-state index contributed by atoms with van der Waals surface area (Å²) in [6, 6.07) is 69.5. The molecule has 8 aromatic carbocycles. The van der Waals surface area contributed by atoms with E-state index in [2.05, 4.69) is 224 Å². The van der Waals surface area contributed by atoms with Crippen molar-refractivity contribution in [3.05, 3.63) is 252 Å². The fourth-order valence-electron chi connectivity index (χ4n) is 8.86. The van der Waals surface area contributed by atoms with Gasteiger partial charge in [-0.25, -0.2) is 0 Å². The zero-order valence-corrected chi connectivity index (χ0v) is 31.8. The number of rotatable bonds is 6. The van der Waals surface area contributed by atoms with Crippen LogP contribution in [0.15, 0.2) is 229 Å². The molecule has 0 aromatic heterocycles. The minimum atomic E-state index is -0.496. The van der Waals surface area contributed by atoms with Crippen molar-refractivity contribution in [3.8, 4) is 22.3 Å². The summed E-state index contributed by atoms with van der Waals surface area (Å²) in [5.74, 6) is 0. The number of hydrogen-bond acceptors (Lipinski definition) is 2. The van der Waals surface area contributed by atoms with Crippen molar-refractivity contribution < 1.29 is 0 Å². The predicted molar refractivity (Wildman–Crippen MR) is 238 cm³/mol. The Labute approximate surface area is 333 Å². The van der Waals surface area contributed by atoms with Crippen LogP contribution in [0.3, 0.4) is 0 Å². The van der Waals surface area contributed by atoms with Crippen molar-refractivity contribution in [2.75, 3.05) is 4.90 Å². The molecule has 2 heteroatoms. The van der Waals surface area contributed by atoms with Crippen LogP contribution < -0.4 is 4.90 Å². The van der Waals surface area contributed by atoms with Gasteiger partial charge in [0.25, 0.3) is 0 Å². The van der Waals surface area contributed by atoms with Gasteiger partial charge in [-0.1, -0.05) is 182 Å². The maximum absolute atomic E-state index is 4.26. The van der Waals surface area contributed by atoms with Gasteiger partial charge in [0.1, 0.15) is 0 Å². The highest BCUT2D eigenvalue weighted by atomic mass is 32.2. The molecule has 2 aliphatic rings. The largest absolute Gasteiger partial charge is 0.310 e. The average molecular weight is 734 g/mol. The van der Waals surface area contributed by atoms with Gasteiger partial charge >= 0.3 is 0 Å².